The Labute approximate surface area is 104 Å². The Kier molecular flexibility index (Phi) is 4.18. The number of carbonyl (C=O) groups is 1. The highest BCUT2D eigenvalue weighted by molar-refractivity contribution is 14.1. The number of carboxylic acids is 1. The Morgan fingerprint density at radius 2 is 2.19 bits per heavy atom. The van der Waals surface area contributed by atoms with E-state index in [1.54, 1.807) is 28.7 Å². The Balaban J connectivity index is 3.35. The number of aliphatic carboxylic acids is 1. The lowest BCUT2D eigenvalue weighted by atomic mass is 10.0. The SMILES string of the molecule is N#Cc1cc(I)c(CC(=O)O)c(C(F)F)c1. The topological polar surface area (TPSA) is 61.1 Å². The van der Waals surface area contributed by atoms with E-state index in [4.69, 9.17) is 10.4 Å². The van der Waals surface area contributed by atoms with E-state index in [-0.39, 0.29) is 16.7 Å². The van der Waals surface area contributed by atoms with Crippen LogP contribution in [0.5, 0.6) is 0 Å². The van der Waals surface area contributed by atoms with Gasteiger partial charge in [0.25, 0.3) is 6.43 Å². The highest BCUT2D eigenvalue weighted by atomic mass is 127. The van der Waals surface area contributed by atoms with Crippen molar-refractivity contribution in [1.29, 1.82) is 5.26 Å². The summed E-state index contributed by atoms with van der Waals surface area (Å²) < 4.78 is 25.7. The first-order chi connectivity index (χ1) is 7.45. The van der Waals surface area contributed by atoms with Crippen molar-refractivity contribution in [1.82, 2.24) is 0 Å². The average Bonchev–Trinajstić information content (AvgIpc) is 2.19. The summed E-state index contributed by atoms with van der Waals surface area (Å²) in [5.74, 6) is -1.18. The number of hydrogen-bond donors (Lipinski definition) is 1. The minimum absolute atomic E-state index is 0.0714. The third kappa shape index (κ3) is 2.88. The summed E-state index contributed by atoms with van der Waals surface area (Å²) in [6.07, 6.45) is -3.25. The third-order valence-corrected chi connectivity index (χ3v) is 2.88. The molecule has 0 saturated carbocycles. The van der Waals surface area contributed by atoms with Crippen LogP contribution in [-0.2, 0) is 11.2 Å². The van der Waals surface area contributed by atoms with Crippen LogP contribution in [0.15, 0.2) is 12.1 Å². The molecular weight excluding hydrogens is 331 g/mol. The molecule has 1 aromatic carbocycles. The highest BCUT2D eigenvalue weighted by Crippen LogP contribution is 2.28. The molecule has 0 heterocycles. The molecule has 0 amide bonds. The summed E-state index contributed by atoms with van der Waals surface area (Å²) in [7, 11) is 0. The summed E-state index contributed by atoms with van der Waals surface area (Å²) in [5, 5.41) is 17.2. The molecule has 84 valence electrons. The zero-order valence-corrected chi connectivity index (χ0v) is 10.0. The molecule has 0 bridgehead atoms. The molecule has 0 aliphatic rings. The zero-order chi connectivity index (χ0) is 12.3. The number of hydrogen-bond acceptors (Lipinski definition) is 2. The van der Waals surface area contributed by atoms with Crippen molar-refractivity contribution in [3.05, 3.63) is 32.4 Å². The Bertz CT molecular complexity index is 469. The molecule has 0 unspecified atom stereocenters. The van der Waals surface area contributed by atoms with Gasteiger partial charge in [-0.1, -0.05) is 0 Å². The maximum atomic E-state index is 12.7. The second kappa shape index (κ2) is 5.21. The summed E-state index contributed by atoms with van der Waals surface area (Å²) in [6.45, 7) is 0. The van der Waals surface area contributed by atoms with Gasteiger partial charge in [-0.15, -0.1) is 0 Å². The summed E-state index contributed by atoms with van der Waals surface area (Å²) in [6, 6.07) is 4.18. The van der Waals surface area contributed by atoms with Crippen molar-refractivity contribution in [3.63, 3.8) is 0 Å². The molecule has 0 spiro atoms. The maximum absolute atomic E-state index is 12.7. The monoisotopic (exact) mass is 337 g/mol. The molecule has 3 nitrogen and oxygen atoms in total. The fourth-order valence-corrected chi connectivity index (χ4v) is 2.09. The Morgan fingerprint density at radius 3 is 2.62 bits per heavy atom. The van der Waals surface area contributed by atoms with Crippen molar-refractivity contribution < 1.29 is 18.7 Å². The number of benzene rings is 1. The van der Waals surface area contributed by atoms with E-state index >= 15 is 0 Å². The van der Waals surface area contributed by atoms with E-state index < -0.39 is 18.8 Å². The maximum Gasteiger partial charge on any atom is 0.307 e. The highest BCUT2D eigenvalue weighted by Gasteiger charge is 2.18. The van der Waals surface area contributed by atoms with Gasteiger partial charge in [-0.25, -0.2) is 8.78 Å². The molecule has 0 atom stereocenters. The molecule has 6 heteroatoms. The van der Waals surface area contributed by atoms with Crippen LogP contribution >= 0.6 is 22.6 Å². The third-order valence-electron chi connectivity index (χ3n) is 1.92. The quantitative estimate of drug-likeness (QED) is 0.863. The minimum atomic E-state index is -2.78. The second-order valence-corrected chi connectivity index (χ2v) is 4.17. The smallest absolute Gasteiger partial charge is 0.307 e. The lowest BCUT2D eigenvalue weighted by Gasteiger charge is -2.09. The Hall–Kier alpha value is -1.23. The van der Waals surface area contributed by atoms with E-state index in [0.717, 1.165) is 6.07 Å². The van der Waals surface area contributed by atoms with Crippen LogP contribution in [0.4, 0.5) is 8.78 Å². The predicted octanol–water partition coefficient (Wildman–Crippen LogP) is 2.73. The molecule has 16 heavy (non-hydrogen) atoms. The molecule has 0 aliphatic carbocycles. The number of nitriles is 1. The van der Waals surface area contributed by atoms with Gasteiger partial charge < -0.3 is 5.11 Å². The van der Waals surface area contributed by atoms with Gasteiger partial charge in [0.1, 0.15) is 0 Å². The number of nitrogens with zero attached hydrogens (tertiary/aromatic N) is 1. The molecule has 0 radical (unpaired) electrons. The predicted molar refractivity (Wildman–Crippen MR) is 60.2 cm³/mol. The van der Waals surface area contributed by atoms with Crippen molar-refractivity contribution in [2.24, 2.45) is 0 Å². The fraction of sp³-hybridized carbons (Fsp3) is 0.200. The van der Waals surface area contributed by atoms with Crippen LogP contribution in [0.3, 0.4) is 0 Å². The molecule has 1 rings (SSSR count). The van der Waals surface area contributed by atoms with Gasteiger partial charge in [-0.3, -0.25) is 4.79 Å². The van der Waals surface area contributed by atoms with Crippen molar-refractivity contribution in [2.75, 3.05) is 0 Å². The minimum Gasteiger partial charge on any atom is -0.481 e. The summed E-state index contributed by atoms with van der Waals surface area (Å²) >= 11 is 1.75. The van der Waals surface area contributed by atoms with Crippen LogP contribution in [0.1, 0.15) is 23.1 Å². The van der Waals surface area contributed by atoms with E-state index in [2.05, 4.69) is 0 Å². The molecule has 1 aromatic rings. The van der Waals surface area contributed by atoms with Crippen LogP contribution in [0, 0.1) is 14.9 Å². The van der Waals surface area contributed by atoms with Crippen LogP contribution < -0.4 is 0 Å². The van der Waals surface area contributed by atoms with Gasteiger partial charge in [0.2, 0.25) is 0 Å². The number of rotatable bonds is 3. The molecular formula is C10H6F2INO2. The lowest BCUT2D eigenvalue weighted by Crippen LogP contribution is -2.07. The molecule has 0 aromatic heterocycles. The van der Waals surface area contributed by atoms with E-state index in [9.17, 15) is 13.6 Å². The first-order valence-electron chi connectivity index (χ1n) is 4.18. The van der Waals surface area contributed by atoms with E-state index in [1.807, 2.05) is 0 Å². The lowest BCUT2D eigenvalue weighted by molar-refractivity contribution is -0.136. The average molecular weight is 337 g/mol. The summed E-state index contributed by atoms with van der Waals surface area (Å²) in [5.41, 5.74) is -0.207. The first kappa shape index (κ1) is 12.8. The van der Waals surface area contributed by atoms with Gasteiger partial charge in [-0.2, -0.15) is 5.26 Å². The molecule has 0 fully saturated rings. The standard InChI is InChI=1S/C10H6F2INO2/c11-10(12)7-1-5(4-14)2-8(13)6(7)3-9(15)16/h1-2,10H,3H2,(H,15,16). The van der Waals surface area contributed by atoms with Crippen LogP contribution in [0.2, 0.25) is 0 Å². The normalized spacial score (nSPS) is 10.2. The molecule has 1 N–H and O–H groups in total. The van der Waals surface area contributed by atoms with Crippen LogP contribution in [-0.4, -0.2) is 11.1 Å². The molecule has 0 aliphatic heterocycles. The van der Waals surface area contributed by atoms with Gasteiger partial charge in [0.05, 0.1) is 18.1 Å². The second-order valence-electron chi connectivity index (χ2n) is 3.01. The Morgan fingerprint density at radius 1 is 1.56 bits per heavy atom. The van der Waals surface area contributed by atoms with Crippen molar-refractivity contribution in [2.45, 2.75) is 12.8 Å². The molecule has 0 saturated heterocycles. The first-order valence-corrected chi connectivity index (χ1v) is 5.26. The summed E-state index contributed by atoms with van der Waals surface area (Å²) in [4.78, 5) is 10.5. The van der Waals surface area contributed by atoms with E-state index in [0.29, 0.717) is 3.57 Å². The van der Waals surface area contributed by atoms with Gasteiger partial charge in [-0.05, 0) is 40.3 Å². The zero-order valence-electron chi connectivity index (χ0n) is 7.88. The van der Waals surface area contributed by atoms with Gasteiger partial charge in [0.15, 0.2) is 0 Å². The van der Waals surface area contributed by atoms with Crippen molar-refractivity contribution >= 4 is 28.6 Å². The fourth-order valence-electron chi connectivity index (χ4n) is 1.25. The van der Waals surface area contributed by atoms with Crippen molar-refractivity contribution in [3.8, 4) is 6.07 Å². The van der Waals surface area contributed by atoms with Gasteiger partial charge >= 0.3 is 5.97 Å². The van der Waals surface area contributed by atoms with Gasteiger partial charge in [0, 0.05) is 9.13 Å². The number of carboxylic acid groups (broad SMARTS) is 1. The largest absolute Gasteiger partial charge is 0.481 e. The number of halogens is 3. The van der Waals surface area contributed by atoms with E-state index in [1.165, 1.54) is 6.07 Å². The van der Waals surface area contributed by atoms with Crippen LogP contribution in [0.25, 0.3) is 0 Å². The number of alkyl halides is 2.